The van der Waals surface area contributed by atoms with E-state index in [0.29, 0.717) is 28.3 Å². The van der Waals surface area contributed by atoms with E-state index >= 15 is 0 Å². The largest absolute Gasteiger partial charge is 0.299 e. The van der Waals surface area contributed by atoms with Crippen LogP contribution in [0.25, 0.3) is 0 Å². The van der Waals surface area contributed by atoms with Gasteiger partial charge in [-0.2, -0.15) is 0 Å². The zero-order valence-electron chi connectivity index (χ0n) is 14.8. The van der Waals surface area contributed by atoms with Crippen molar-refractivity contribution in [2.75, 3.05) is 0 Å². The highest BCUT2D eigenvalue weighted by Gasteiger charge is 2.86. The first-order chi connectivity index (χ1) is 11.5. The van der Waals surface area contributed by atoms with E-state index < -0.39 is 0 Å². The lowest BCUT2D eigenvalue weighted by molar-refractivity contribution is -0.123. The molecule has 0 aliphatic heterocycles. The first-order valence-electron chi connectivity index (χ1n) is 10.3. The van der Waals surface area contributed by atoms with Gasteiger partial charge in [0.1, 0.15) is 5.78 Å². The van der Waals surface area contributed by atoms with Crippen molar-refractivity contribution in [3.05, 3.63) is 11.6 Å². The number of allylic oxidation sites excluding steroid dienone is 1. The molecule has 0 saturated heterocycles. The lowest BCUT2D eigenvalue weighted by Crippen LogP contribution is -2.48. The Kier molecular flexibility index (Phi) is 2.42. The SMILES string of the molecule is CC12CCC(=O)C=C1CCC1C2CCC23C1CC[C@@]21CCC(=O)C31. The van der Waals surface area contributed by atoms with Crippen LogP contribution in [0.5, 0.6) is 0 Å². The highest BCUT2D eigenvalue weighted by molar-refractivity contribution is 5.92. The molecule has 0 amide bonds. The van der Waals surface area contributed by atoms with Gasteiger partial charge in [0.25, 0.3) is 0 Å². The van der Waals surface area contributed by atoms with Crippen LogP contribution in [0.2, 0.25) is 0 Å². The molecular formula is C22H28O2. The second-order valence-electron chi connectivity index (χ2n) is 10.1. The Labute approximate surface area is 144 Å². The molecule has 0 radical (unpaired) electrons. The van der Waals surface area contributed by atoms with E-state index in [4.69, 9.17) is 0 Å². The number of Topliss-reactive ketones (excluding diaryl/α,β-unsaturated/α-hetero) is 1. The van der Waals surface area contributed by atoms with Crippen LogP contribution in [0.3, 0.4) is 0 Å². The van der Waals surface area contributed by atoms with Gasteiger partial charge in [0.15, 0.2) is 5.78 Å². The first-order valence-corrected chi connectivity index (χ1v) is 10.3. The fourth-order valence-electron chi connectivity index (χ4n) is 9.25. The maximum Gasteiger partial charge on any atom is 0.155 e. The average molecular weight is 324 g/mol. The van der Waals surface area contributed by atoms with Gasteiger partial charge in [-0.05, 0) is 91.4 Å². The van der Waals surface area contributed by atoms with Crippen LogP contribution in [-0.4, -0.2) is 11.6 Å². The van der Waals surface area contributed by atoms with E-state index in [1.807, 2.05) is 6.08 Å². The van der Waals surface area contributed by atoms with Crippen molar-refractivity contribution in [3.63, 3.8) is 0 Å². The number of carbonyl (C=O) groups is 2. The molecule has 24 heavy (non-hydrogen) atoms. The molecule has 0 bridgehead atoms. The van der Waals surface area contributed by atoms with Crippen LogP contribution >= 0.6 is 0 Å². The predicted molar refractivity (Wildman–Crippen MR) is 91.2 cm³/mol. The van der Waals surface area contributed by atoms with Crippen LogP contribution in [0.1, 0.15) is 71.1 Å². The quantitative estimate of drug-likeness (QED) is 0.658. The van der Waals surface area contributed by atoms with Gasteiger partial charge in [0.05, 0.1) is 0 Å². The van der Waals surface area contributed by atoms with Crippen LogP contribution < -0.4 is 0 Å². The van der Waals surface area contributed by atoms with E-state index in [2.05, 4.69) is 6.92 Å². The summed E-state index contributed by atoms with van der Waals surface area (Å²) in [5, 5.41) is 0. The van der Waals surface area contributed by atoms with Gasteiger partial charge >= 0.3 is 0 Å². The Balaban J connectivity index is 1.39. The summed E-state index contributed by atoms with van der Waals surface area (Å²) in [5.74, 6) is 3.85. The molecule has 0 heterocycles. The molecule has 0 aromatic rings. The van der Waals surface area contributed by atoms with Crippen molar-refractivity contribution >= 4 is 11.6 Å². The molecule has 2 nitrogen and oxygen atoms in total. The monoisotopic (exact) mass is 324 g/mol. The summed E-state index contributed by atoms with van der Waals surface area (Å²) < 4.78 is 0. The van der Waals surface area contributed by atoms with Gasteiger partial charge < -0.3 is 0 Å². The molecule has 6 rings (SSSR count). The number of hydrogen-bond acceptors (Lipinski definition) is 2. The molecule has 5 fully saturated rings. The zero-order valence-corrected chi connectivity index (χ0v) is 14.8. The van der Waals surface area contributed by atoms with Crippen LogP contribution in [0, 0.1) is 39.9 Å². The summed E-state index contributed by atoms with van der Waals surface area (Å²) in [6, 6.07) is 0. The van der Waals surface area contributed by atoms with Gasteiger partial charge in [-0.15, -0.1) is 0 Å². The summed E-state index contributed by atoms with van der Waals surface area (Å²) in [4.78, 5) is 24.4. The Morgan fingerprint density at radius 2 is 1.75 bits per heavy atom. The Morgan fingerprint density at radius 3 is 2.58 bits per heavy atom. The van der Waals surface area contributed by atoms with Gasteiger partial charge in [-0.1, -0.05) is 12.5 Å². The number of ketones is 2. The Bertz CT molecular complexity index is 705. The minimum absolute atomic E-state index is 0.280. The zero-order chi connectivity index (χ0) is 16.3. The number of hydrogen-bond donors (Lipinski definition) is 0. The van der Waals surface area contributed by atoms with E-state index in [0.717, 1.165) is 43.4 Å². The van der Waals surface area contributed by atoms with Gasteiger partial charge in [0.2, 0.25) is 0 Å². The van der Waals surface area contributed by atoms with Gasteiger partial charge in [0, 0.05) is 18.8 Å². The minimum atomic E-state index is 0.280. The van der Waals surface area contributed by atoms with Gasteiger partial charge in [-0.25, -0.2) is 0 Å². The Hall–Kier alpha value is -0.920. The number of rotatable bonds is 0. The van der Waals surface area contributed by atoms with Crippen LogP contribution in [0.4, 0.5) is 0 Å². The van der Waals surface area contributed by atoms with Crippen LogP contribution in [0.15, 0.2) is 11.6 Å². The topological polar surface area (TPSA) is 34.1 Å². The highest BCUT2D eigenvalue weighted by Crippen LogP contribution is 2.89. The summed E-state index contributed by atoms with van der Waals surface area (Å²) in [6.07, 6.45) is 13.7. The average Bonchev–Trinajstić information content (AvgIpc) is 2.82. The summed E-state index contributed by atoms with van der Waals surface area (Å²) in [6.45, 7) is 2.46. The molecule has 6 unspecified atom stereocenters. The fraction of sp³-hybridized carbons (Fsp3) is 0.818. The van der Waals surface area contributed by atoms with E-state index in [9.17, 15) is 9.59 Å². The van der Waals surface area contributed by atoms with E-state index in [1.165, 1.54) is 44.1 Å². The van der Waals surface area contributed by atoms with Crippen molar-refractivity contribution < 1.29 is 9.59 Å². The molecule has 0 N–H and O–H groups in total. The molecule has 7 atom stereocenters. The second-order valence-corrected chi connectivity index (χ2v) is 10.1. The number of fused-ring (bicyclic) bond motifs is 4. The molecule has 6 aliphatic carbocycles. The molecule has 2 spiro atoms. The lowest BCUT2D eigenvalue weighted by atomic mass is 9.48. The van der Waals surface area contributed by atoms with Crippen molar-refractivity contribution in [1.29, 1.82) is 0 Å². The third kappa shape index (κ3) is 1.29. The molecular weight excluding hydrogens is 296 g/mol. The minimum Gasteiger partial charge on any atom is -0.299 e. The van der Waals surface area contributed by atoms with Crippen molar-refractivity contribution in [1.82, 2.24) is 0 Å². The van der Waals surface area contributed by atoms with E-state index in [-0.39, 0.29) is 5.41 Å². The summed E-state index contributed by atoms with van der Waals surface area (Å²) in [7, 11) is 0. The van der Waals surface area contributed by atoms with Crippen molar-refractivity contribution in [2.24, 2.45) is 39.9 Å². The van der Waals surface area contributed by atoms with Gasteiger partial charge in [-0.3, -0.25) is 9.59 Å². The molecule has 2 heteroatoms. The van der Waals surface area contributed by atoms with Crippen molar-refractivity contribution in [3.8, 4) is 0 Å². The van der Waals surface area contributed by atoms with Crippen molar-refractivity contribution in [2.45, 2.75) is 71.1 Å². The first kappa shape index (κ1) is 14.3. The number of carbonyl (C=O) groups excluding carboxylic acids is 2. The molecule has 0 aromatic heterocycles. The third-order valence-electron chi connectivity index (χ3n) is 10.0. The smallest absolute Gasteiger partial charge is 0.155 e. The summed E-state index contributed by atoms with van der Waals surface area (Å²) in [5.41, 5.74) is 2.64. The molecule has 128 valence electrons. The molecule has 5 saturated carbocycles. The lowest BCUT2D eigenvalue weighted by Gasteiger charge is -2.56. The molecule has 0 aromatic carbocycles. The maximum absolute atomic E-state index is 12.5. The standard InChI is InChI=1S/C22H28O2/c1-20-8-4-14(23)12-13(20)2-3-15-16(20)6-11-22-17(15)5-9-21(22)10-7-18(24)19(21)22/h12,15-17,19H,2-11H2,1H3/t15?,16?,17?,19?,20?,21-,22?/m0/s1. The van der Waals surface area contributed by atoms with Crippen LogP contribution in [-0.2, 0) is 9.59 Å². The fourth-order valence-corrected chi connectivity index (χ4v) is 9.25. The molecule has 6 aliphatic rings. The summed E-state index contributed by atoms with van der Waals surface area (Å²) >= 11 is 0. The third-order valence-corrected chi connectivity index (χ3v) is 10.0. The normalized spacial score (nSPS) is 57.5. The predicted octanol–water partition coefficient (Wildman–Crippen LogP) is 4.48. The second kappa shape index (κ2) is 4.07. The Morgan fingerprint density at radius 1 is 0.917 bits per heavy atom. The van der Waals surface area contributed by atoms with E-state index in [1.54, 1.807) is 0 Å². The highest BCUT2D eigenvalue weighted by atomic mass is 16.1. The maximum atomic E-state index is 12.5.